The van der Waals surface area contributed by atoms with E-state index in [0.717, 1.165) is 48.7 Å². The highest BCUT2D eigenvalue weighted by molar-refractivity contribution is 7.16. The number of carbonyl (C=O) groups is 3. The van der Waals surface area contributed by atoms with Crippen molar-refractivity contribution < 1.29 is 19.1 Å². The van der Waals surface area contributed by atoms with Crippen LogP contribution in [0.3, 0.4) is 0 Å². The van der Waals surface area contributed by atoms with Crippen molar-refractivity contribution in [2.45, 2.75) is 45.6 Å². The van der Waals surface area contributed by atoms with E-state index in [1.807, 2.05) is 36.4 Å². The molecule has 5 rings (SSSR count). The zero-order valence-corrected chi connectivity index (χ0v) is 27.5. The van der Waals surface area contributed by atoms with Crippen molar-refractivity contribution in [2.24, 2.45) is 0 Å². The van der Waals surface area contributed by atoms with Gasteiger partial charge in [0, 0.05) is 74.2 Å². The van der Waals surface area contributed by atoms with Crippen LogP contribution in [0.25, 0.3) is 11.1 Å². The van der Waals surface area contributed by atoms with E-state index >= 15 is 0 Å². The molecule has 1 aromatic carbocycles. The lowest BCUT2D eigenvalue weighted by Crippen LogP contribution is -2.63. The number of pyridine rings is 1. The average molecular weight is 634 g/mol. The Morgan fingerprint density at radius 2 is 1.80 bits per heavy atom. The Balaban J connectivity index is 1.25. The van der Waals surface area contributed by atoms with Gasteiger partial charge < -0.3 is 25.6 Å². The van der Waals surface area contributed by atoms with Crippen molar-refractivity contribution in [3.8, 4) is 17.0 Å². The van der Waals surface area contributed by atoms with Gasteiger partial charge in [-0.15, -0.1) is 11.3 Å². The molecule has 0 saturated carbocycles. The lowest BCUT2D eigenvalue weighted by molar-refractivity contribution is -0.133. The number of piperazine rings is 2. The van der Waals surface area contributed by atoms with Gasteiger partial charge in [0.25, 0.3) is 5.91 Å². The third kappa shape index (κ3) is 7.81. The number of benzene rings is 1. The Hall–Kier alpha value is -4.00. The molecule has 4 amide bonds. The minimum atomic E-state index is -1.01. The van der Waals surface area contributed by atoms with E-state index in [-0.39, 0.29) is 17.2 Å². The number of aromatic nitrogens is 1. The number of anilines is 2. The molecule has 3 aromatic rings. The van der Waals surface area contributed by atoms with Crippen molar-refractivity contribution in [3.05, 3.63) is 59.1 Å². The first-order valence-electron chi connectivity index (χ1n) is 15.4. The summed E-state index contributed by atoms with van der Waals surface area (Å²) in [4.78, 5) is 48.9. The molecule has 4 N–H and O–H groups in total. The van der Waals surface area contributed by atoms with E-state index in [2.05, 4.69) is 51.9 Å². The van der Waals surface area contributed by atoms with E-state index in [9.17, 15) is 14.4 Å². The highest BCUT2D eigenvalue weighted by Gasteiger charge is 2.42. The highest BCUT2D eigenvalue weighted by atomic mass is 32.1. The summed E-state index contributed by atoms with van der Waals surface area (Å²) in [7, 11) is 0. The predicted octanol–water partition coefficient (Wildman–Crippen LogP) is 4.39. The van der Waals surface area contributed by atoms with Crippen molar-refractivity contribution in [3.63, 3.8) is 0 Å². The van der Waals surface area contributed by atoms with Gasteiger partial charge in [-0.25, -0.2) is 9.78 Å². The first-order chi connectivity index (χ1) is 21.4. The standard InChI is InChI=1S/C33H43N7O4S/c1-32(2,3)26-20-25(29(41)40-16-13-35-30(42)33(40,4)5)28(45-26)38-31(43)37-24-8-6-7-22(19-24)23-9-10-27(36-21-23)44-18-17-39-14-11-34-12-15-39/h6-10,19-21,34H,11-18H2,1-5H3,(H,35,42)(H2,37,38,43). The molecule has 11 nitrogen and oxygen atoms in total. The van der Waals surface area contributed by atoms with Crippen LogP contribution in [0.2, 0.25) is 0 Å². The van der Waals surface area contributed by atoms with E-state index < -0.39 is 11.6 Å². The number of hydrogen-bond donors (Lipinski definition) is 4. The number of ether oxygens (including phenoxy) is 1. The molecule has 0 aliphatic carbocycles. The third-order valence-corrected chi connectivity index (χ3v) is 9.56. The second-order valence-electron chi connectivity index (χ2n) is 12.9. The van der Waals surface area contributed by atoms with Gasteiger partial charge in [-0.2, -0.15) is 0 Å². The fraction of sp³-hybridized carbons (Fsp3) is 0.455. The van der Waals surface area contributed by atoms with Crippen molar-refractivity contribution in [1.82, 2.24) is 25.4 Å². The first-order valence-corrected chi connectivity index (χ1v) is 16.2. The summed E-state index contributed by atoms with van der Waals surface area (Å²) >= 11 is 1.37. The summed E-state index contributed by atoms with van der Waals surface area (Å²) in [5.41, 5.74) is 1.50. The van der Waals surface area contributed by atoms with Gasteiger partial charge in [0.2, 0.25) is 11.8 Å². The van der Waals surface area contributed by atoms with Crippen LogP contribution < -0.4 is 26.0 Å². The van der Waals surface area contributed by atoms with Gasteiger partial charge in [-0.05, 0) is 49.1 Å². The average Bonchev–Trinajstić information content (AvgIpc) is 3.43. The molecule has 2 aliphatic heterocycles. The molecule has 45 heavy (non-hydrogen) atoms. The minimum absolute atomic E-state index is 0.205. The molecule has 12 heteroatoms. The summed E-state index contributed by atoms with van der Waals surface area (Å²) in [6.45, 7) is 15.9. The molecule has 2 saturated heterocycles. The fourth-order valence-electron chi connectivity index (χ4n) is 5.31. The molecule has 0 radical (unpaired) electrons. The number of hydrogen-bond acceptors (Lipinski definition) is 8. The number of rotatable bonds is 8. The number of carbonyl (C=O) groups excluding carboxylic acids is 3. The van der Waals surface area contributed by atoms with Gasteiger partial charge in [0.05, 0.1) is 5.56 Å². The van der Waals surface area contributed by atoms with Crippen LogP contribution >= 0.6 is 11.3 Å². The predicted molar refractivity (Wildman–Crippen MR) is 178 cm³/mol. The lowest BCUT2D eigenvalue weighted by Gasteiger charge is -2.41. The Bertz CT molecular complexity index is 1520. The molecule has 2 fully saturated rings. The second kappa shape index (κ2) is 13.6. The molecule has 0 atom stereocenters. The number of urea groups is 1. The summed E-state index contributed by atoms with van der Waals surface area (Å²) in [6.07, 6.45) is 1.76. The summed E-state index contributed by atoms with van der Waals surface area (Å²) in [6, 6.07) is 12.7. The van der Waals surface area contributed by atoms with Crippen LogP contribution in [0.4, 0.5) is 15.5 Å². The number of amides is 4. The summed E-state index contributed by atoms with van der Waals surface area (Å²) in [5.74, 6) is 0.0818. The largest absolute Gasteiger partial charge is 0.476 e. The van der Waals surface area contributed by atoms with Crippen LogP contribution in [0.1, 0.15) is 49.9 Å². The number of nitrogens with one attached hydrogen (secondary N) is 4. The molecule has 0 unspecified atom stereocenters. The molecule has 0 spiro atoms. The molecular weight excluding hydrogens is 590 g/mol. The Morgan fingerprint density at radius 3 is 2.51 bits per heavy atom. The van der Waals surface area contributed by atoms with E-state index in [4.69, 9.17) is 4.74 Å². The molecule has 0 bridgehead atoms. The lowest BCUT2D eigenvalue weighted by atomic mass is 9.93. The first kappa shape index (κ1) is 32.4. The summed E-state index contributed by atoms with van der Waals surface area (Å²) < 4.78 is 5.85. The van der Waals surface area contributed by atoms with Gasteiger partial charge in [0.1, 0.15) is 17.1 Å². The molecule has 4 heterocycles. The quantitative estimate of drug-likeness (QED) is 0.290. The van der Waals surface area contributed by atoms with Gasteiger partial charge in [0.15, 0.2) is 0 Å². The normalized spacial score (nSPS) is 17.0. The van der Waals surface area contributed by atoms with Gasteiger partial charge in [-0.3, -0.25) is 19.8 Å². The van der Waals surface area contributed by atoms with Crippen molar-refractivity contribution in [2.75, 3.05) is 63.1 Å². The number of thiophene rings is 1. The van der Waals surface area contributed by atoms with E-state index in [1.54, 1.807) is 31.0 Å². The maximum absolute atomic E-state index is 13.8. The van der Waals surface area contributed by atoms with Crippen molar-refractivity contribution in [1.29, 1.82) is 0 Å². The zero-order valence-electron chi connectivity index (χ0n) is 26.7. The SMILES string of the molecule is CC(C)(C)c1cc(C(=O)N2CCNC(=O)C2(C)C)c(NC(=O)Nc2cccc(-c3ccc(OCCN4CCNCC4)nc3)c2)s1. The van der Waals surface area contributed by atoms with E-state index in [1.165, 1.54) is 11.3 Å². The Kier molecular flexibility index (Phi) is 9.76. The molecule has 2 aromatic heterocycles. The monoisotopic (exact) mass is 633 g/mol. The Morgan fingerprint density at radius 1 is 1.02 bits per heavy atom. The highest BCUT2D eigenvalue weighted by Crippen LogP contribution is 2.38. The summed E-state index contributed by atoms with van der Waals surface area (Å²) in [5, 5.41) is 12.4. The van der Waals surface area contributed by atoms with E-state index in [0.29, 0.717) is 41.8 Å². The minimum Gasteiger partial charge on any atom is -0.476 e. The third-order valence-electron chi connectivity index (χ3n) is 8.08. The molecule has 2 aliphatic rings. The van der Waals surface area contributed by atoms with Gasteiger partial charge >= 0.3 is 6.03 Å². The fourth-order valence-corrected chi connectivity index (χ4v) is 6.41. The van der Waals surface area contributed by atoms with Crippen LogP contribution in [0, 0.1) is 0 Å². The maximum Gasteiger partial charge on any atom is 0.324 e. The van der Waals surface area contributed by atoms with Crippen LogP contribution in [0.15, 0.2) is 48.7 Å². The van der Waals surface area contributed by atoms with Crippen LogP contribution in [-0.2, 0) is 10.2 Å². The zero-order chi connectivity index (χ0) is 32.2. The number of nitrogens with zero attached hydrogens (tertiary/aromatic N) is 3. The molecular formula is C33H43N7O4S. The second-order valence-corrected chi connectivity index (χ2v) is 13.9. The van der Waals surface area contributed by atoms with Crippen LogP contribution in [0.5, 0.6) is 5.88 Å². The maximum atomic E-state index is 13.8. The van der Waals surface area contributed by atoms with Crippen molar-refractivity contribution >= 4 is 39.9 Å². The Labute approximate surface area is 268 Å². The topological polar surface area (TPSA) is 128 Å². The van der Waals surface area contributed by atoms with Gasteiger partial charge in [-0.1, -0.05) is 32.9 Å². The smallest absolute Gasteiger partial charge is 0.324 e. The molecule has 240 valence electrons. The van der Waals surface area contributed by atoms with Crippen LogP contribution in [-0.4, -0.2) is 90.6 Å².